The molecule has 2 atom stereocenters. The van der Waals surface area contributed by atoms with Gasteiger partial charge in [-0.3, -0.25) is 0 Å². The fourth-order valence-corrected chi connectivity index (χ4v) is 6.40. The first-order valence-corrected chi connectivity index (χ1v) is 13.0. The molecule has 180 valence electrons. The Morgan fingerprint density at radius 1 is 0.556 bits per heavy atom. The Labute approximate surface area is 213 Å². The molecule has 1 saturated heterocycles. The lowest BCUT2D eigenvalue weighted by Gasteiger charge is -2.43. The van der Waals surface area contributed by atoms with Crippen LogP contribution in [0.15, 0.2) is 69.1 Å². The summed E-state index contributed by atoms with van der Waals surface area (Å²) in [6.07, 6.45) is 17.0. The molecule has 0 saturated carbocycles. The lowest BCUT2D eigenvalue weighted by atomic mass is 9.77. The molecule has 4 aliphatic carbocycles. The molecule has 0 spiro atoms. The monoisotopic (exact) mass is 474 g/mol. The summed E-state index contributed by atoms with van der Waals surface area (Å²) in [5, 5.41) is 37.1. The number of allylic oxidation sites excluding steroid dienone is 12. The van der Waals surface area contributed by atoms with Crippen LogP contribution in [0.4, 0.5) is 0 Å². The second-order valence-corrected chi connectivity index (χ2v) is 10.3. The summed E-state index contributed by atoms with van der Waals surface area (Å²) in [5.41, 5.74) is 7.63. The highest BCUT2D eigenvalue weighted by Crippen LogP contribution is 2.41. The fourth-order valence-electron chi connectivity index (χ4n) is 6.40. The van der Waals surface area contributed by atoms with Crippen molar-refractivity contribution in [2.75, 3.05) is 26.2 Å². The molecule has 6 heteroatoms. The molecule has 6 nitrogen and oxygen atoms in total. The molecule has 0 aromatic rings. The van der Waals surface area contributed by atoms with Crippen LogP contribution in [-0.4, -0.2) is 36.0 Å². The minimum absolute atomic E-state index is 0.255. The molecule has 5 aliphatic rings. The second kappa shape index (κ2) is 10.3. The zero-order valence-electron chi connectivity index (χ0n) is 20.6. The minimum Gasteiger partial charge on any atom is -0.371 e. The van der Waals surface area contributed by atoms with Crippen LogP contribution in [-0.2, 0) is 0 Å². The van der Waals surface area contributed by atoms with Gasteiger partial charge >= 0.3 is 0 Å². The second-order valence-electron chi connectivity index (χ2n) is 10.3. The van der Waals surface area contributed by atoms with Crippen LogP contribution < -0.4 is 0 Å². The van der Waals surface area contributed by atoms with E-state index in [1.165, 1.54) is 22.5 Å². The molecular weight excluding hydrogens is 444 g/mol. The third-order valence-corrected chi connectivity index (χ3v) is 8.49. The van der Waals surface area contributed by atoms with E-state index in [2.05, 4.69) is 58.4 Å². The van der Waals surface area contributed by atoms with Crippen LogP contribution in [0.1, 0.15) is 51.4 Å². The molecule has 1 fully saturated rings. The molecule has 0 aromatic heterocycles. The van der Waals surface area contributed by atoms with E-state index in [0.717, 1.165) is 88.7 Å². The number of nitriles is 4. The summed E-state index contributed by atoms with van der Waals surface area (Å²) in [7, 11) is 0. The number of fused-ring (bicyclic) bond motifs is 2. The average Bonchev–Trinajstić information content (AvgIpc) is 2.93. The van der Waals surface area contributed by atoms with E-state index in [-0.39, 0.29) is 11.1 Å². The maximum Gasteiger partial charge on any atom is 0.132 e. The van der Waals surface area contributed by atoms with Crippen molar-refractivity contribution in [3.63, 3.8) is 0 Å². The highest BCUT2D eigenvalue weighted by Gasteiger charge is 2.30. The van der Waals surface area contributed by atoms with Gasteiger partial charge in [0.15, 0.2) is 0 Å². The van der Waals surface area contributed by atoms with Crippen LogP contribution in [0.25, 0.3) is 0 Å². The van der Waals surface area contributed by atoms with Gasteiger partial charge in [0.1, 0.15) is 35.4 Å². The first-order valence-electron chi connectivity index (χ1n) is 13.0. The lowest BCUT2D eigenvalue weighted by Crippen LogP contribution is -2.46. The van der Waals surface area contributed by atoms with Crippen molar-refractivity contribution < 1.29 is 0 Å². The zero-order chi connectivity index (χ0) is 25.1. The Hall–Kier alpha value is -4.00. The van der Waals surface area contributed by atoms with E-state index in [4.69, 9.17) is 0 Å². The van der Waals surface area contributed by atoms with Gasteiger partial charge in [-0.25, -0.2) is 0 Å². The van der Waals surface area contributed by atoms with Crippen molar-refractivity contribution in [3.05, 3.63) is 69.1 Å². The summed E-state index contributed by atoms with van der Waals surface area (Å²) in [6.45, 7) is 3.97. The van der Waals surface area contributed by atoms with Gasteiger partial charge in [-0.1, -0.05) is 12.2 Å². The van der Waals surface area contributed by atoms with Crippen molar-refractivity contribution in [1.82, 2.24) is 9.80 Å². The molecule has 5 rings (SSSR count). The molecule has 0 radical (unpaired) electrons. The molecule has 0 amide bonds. The summed E-state index contributed by atoms with van der Waals surface area (Å²) >= 11 is 0. The van der Waals surface area contributed by atoms with Gasteiger partial charge in [0.2, 0.25) is 0 Å². The van der Waals surface area contributed by atoms with Crippen LogP contribution >= 0.6 is 0 Å². The van der Waals surface area contributed by atoms with E-state index >= 15 is 0 Å². The van der Waals surface area contributed by atoms with Gasteiger partial charge < -0.3 is 9.80 Å². The summed E-state index contributed by atoms with van der Waals surface area (Å²) < 4.78 is 0. The van der Waals surface area contributed by atoms with E-state index in [1.807, 2.05) is 0 Å². The Kier molecular flexibility index (Phi) is 6.80. The molecule has 0 bridgehead atoms. The fraction of sp³-hybridized carbons (Fsp3) is 0.467. The zero-order valence-corrected chi connectivity index (χ0v) is 20.6. The molecule has 0 aromatic carbocycles. The third-order valence-electron chi connectivity index (χ3n) is 8.49. The number of hydrogen-bond donors (Lipinski definition) is 0. The quantitative estimate of drug-likeness (QED) is 0.502. The number of rotatable bonds is 2. The predicted octanol–water partition coefficient (Wildman–Crippen LogP) is 5.32. The van der Waals surface area contributed by atoms with E-state index < -0.39 is 0 Å². The maximum atomic E-state index is 9.26. The van der Waals surface area contributed by atoms with Crippen molar-refractivity contribution in [2.45, 2.75) is 51.4 Å². The molecule has 36 heavy (non-hydrogen) atoms. The SMILES string of the molecule is N#CC(C#N)=C1C=C2C=C(N3CCN(C4=CC5=CC(=C(C#N)C#N)CC[C@@H]5CC4)CC3)CC[C@@H]2CC1. The van der Waals surface area contributed by atoms with E-state index in [0.29, 0.717) is 11.8 Å². The molecule has 1 heterocycles. The third kappa shape index (κ3) is 4.61. The highest BCUT2D eigenvalue weighted by atomic mass is 15.3. The molecule has 0 unspecified atom stereocenters. The Balaban J connectivity index is 1.28. The van der Waals surface area contributed by atoms with Gasteiger partial charge in [0.25, 0.3) is 0 Å². The van der Waals surface area contributed by atoms with Crippen LogP contribution in [0.3, 0.4) is 0 Å². The van der Waals surface area contributed by atoms with Crippen molar-refractivity contribution >= 4 is 0 Å². The predicted molar refractivity (Wildman–Crippen MR) is 136 cm³/mol. The van der Waals surface area contributed by atoms with Gasteiger partial charge in [-0.15, -0.1) is 0 Å². The van der Waals surface area contributed by atoms with Crippen LogP contribution in [0.2, 0.25) is 0 Å². The Bertz CT molecular complexity index is 1160. The molecule has 0 N–H and O–H groups in total. The summed E-state index contributed by atoms with van der Waals surface area (Å²) in [4.78, 5) is 5.03. The van der Waals surface area contributed by atoms with Crippen molar-refractivity contribution in [1.29, 1.82) is 21.0 Å². The summed E-state index contributed by atoms with van der Waals surface area (Å²) in [6, 6.07) is 8.22. The molecule has 1 aliphatic heterocycles. The first-order chi connectivity index (χ1) is 17.6. The van der Waals surface area contributed by atoms with Gasteiger partial charge in [0, 0.05) is 37.6 Å². The molecular formula is C30H30N6. The van der Waals surface area contributed by atoms with Crippen LogP contribution in [0.5, 0.6) is 0 Å². The van der Waals surface area contributed by atoms with Gasteiger partial charge in [0.05, 0.1) is 0 Å². The summed E-state index contributed by atoms with van der Waals surface area (Å²) in [5.74, 6) is 1.09. The Morgan fingerprint density at radius 2 is 0.917 bits per heavy atom. The number of nitrogens with zero attached hydrogens (tertiary/aromatic N) is 6. The lowest BCUT2D eigenvalue weighted by molar-refractivity contribution is 0.177. The number of hydrogen-bond acceptors (Lipinski definition) is 6. The Morgan fingerprint density at radius 3 is 1.28 bits per heavy atom. The minimum atomic E-state index is 0.255. The van der Waals surface area contributed by atoms with Gasteiger partial charge in [-0.2, -0.15) is 21.0 Å². The highest BCUT2D eigenvalue weighted by molar-refractivity contribution is 5.50. The van der Waals surface area contributed by atoms with Crippen molar-refractivity contribution in [3.8, 4) is 24.3 Å². The average molecular weight is 475 g/mol. The normalized spacial score (nSPS) is 25.3. The van der Waals surface area contributed by atoms with E-state index in [1.54, 1.807) is 0 Å². The maximum absolute atomic E-state index is 9.26. The smallest absolute Gasteiger partial charge is 0.132 e. The van der Waals surface area contributed by atoms with Gasteiger partial charge in [-0.05, 0) is 97.6 Å². The van der Waals surface area contributed by atoms with Crippen LogP contribution in [0, 0.1) is 57.2 Å². The van der Waals surface area contributed by atoms with Crippen molar-refractivity contribution in [2.24, 2.45) is 11.8 Å². The number of piperazine rings is 1. The largest absolute Gasteiger partial charge is 0.371 e. The first kappa shape index (κ1) is 23.7. The van der Waals surface area contributed by atoms with E-state index in [9.17, 15) is 21.0 Å². The topological polar surface area (TPSA) is 102 Å². The standard InChI is InChI=1S/C30H30N6/c31-17-27(18-32)23-3-1-21-5-7-29(15-25(21)13-23)35-9-11-36(12-10-35)30-8-6-22-2-4-24(14-26(22)16-30)28(19-33)20-34/h13-16,21-22H,1-12H2/t21-,22+.